The number of nitrogens with one attached hydrogen (secondary N) is 2. The van der Waals surface area contributed by atoms with Crippen molar-refractivity contribution in [1.29, 1.82) is 0 Å². The monoisotopic (exact) mass is 536 g/mol. The molecule has 0 radical (unpaired) electrons. The molecule has 4 saturated carbocycles. The molecule has 1 aliphatic heterocycles. The number of imide groups is 1. The number of carbonyl (C=O) groups excluding carboxylic acids is 2. The summed E-state index contributed by atoms with van der Waals surface area (Å²) >= 11 is 0. The summed E-state index contributed by atoms with van der Waals surface area (Å²) in [6.45, 7) is 2.69. The van der Waals surface area contributed by atoms with Crippen molar-refractivity contribution in [3.05, 3.63) is 75.3 Å². The number of nitrogens with zero attached hydrogens (tertiary/aromatic N) is 2. The Morgan fingerprint density at radius 3 is 2.58 bits per heavy atom. The van der Waals surface area contributed by atoms with Gasteiger partial charge in [0.25, 0.3) is 5.56 Å². The van der Waals surface area contributed by atoms with Crippen LogP contribution in [0.3, 0.4) is 0 Å². The first kappa shape index (κ1) is 24.5. The molecule has 2 aromatic carbocycles. The Morgan fingerprint density at radius 2 is 1.80 bits per heavy atom. The van der Waals surface area contributed by atoms with Crippen LogP contribution in [-0.2, 0) is 29.0 Å². The molecular weight excluding hydrogens is 500 g/mol. The Morgan fingerprint density at radius 1 is 0.975 bits per heavy atom. The van der Waals surface area contributed by atoms with Crippen molar-refractivity contribution in [2.45, 2.75) is 82.8 Å². The molecule has 1 saturated heterocycles. The Hall–Kier alpha value is -3.32. The molecule has 7 heteroatoms. The minimum atomic E-state index is -0.712. The van der Waals surface area contributed by atoms with Gasteiger partial charge in [0, 0.05) is 18.5 Å². The highest BCUT2D eigenvalue weighted by Crippen LogP contribution is 2.82. The summed E-state index contributed by atoms with van der Waals surface area (Å²) in [4.78, 5) is 42.6. The van der Waals surface area contributed by atoms with E-state index in [2.05, 4.69) is 39.9 Å². The summed E-state index contributed by atoms with van der Waals surface area (Å²) in [5.41, 5.74) is 5.03. The second kappa shape index (κ2) is 8.59. The molecule has 8 rings (SSSR count). The minimum Gasteiger partial charge on any atom is -0.307 e. The van der Waals surface area contributed by atoms with Gasteiger partial charge in [-0.1, -0.05) is 36.4 Å². The van der Waals surface area contributed by atoms with Crippen molar-refractivity contribution < 1.29 is 9.59 Å². The van der Waals surface area contributed by atoms with Gasteiger partial charge in [-0.15, -0.1) is 0 Å². The molecule has 5 aliphatic rings. The predicted molar refractivity (Wildman–Crippen MR) is 152 cm³/mol. The van der Waals surface area contributed by atoms with Crippen LogP contribution in [0.15, 0.2) is 47.3 Å². The van der Waals surface area contributed by atoms with E-state index < -0.39 is 11.9 Å². The maximum Gasteiger partial charge on any atom is 0.262 e. The molecule has 1 spiro atoms. The summed E-state index contributed by atoms with van der Waals surface area (Å²) in [6.07, 6.45) is 9.30. The van der Waals surface area contributed by atoms with E-state index in [4.69, 9.17) is 0 Å². The third-order valence-corrected chi connectivity index (χ3v) is 11.4. The first-order valence-corrected chi connectivity index (χ1v) is 15.0. The summed E-state index contributed by atoms with van der Waals surface area (Å²) < 4.78 is 1.47. The van der Waals surface area contributed by atoms with Crippen molar-refractivity contribution in [2.75, 3.05) is 0 Å². The Bertz CT molecular complexity index is 1630. The summed E-state index contributed by atoms with van der Waals surface area (Å²) in [6, 6.07) is 14.0. The molecule has 6 atom stereocenters. The van der Waals surface area contributed by atoms with Crippen LogP contribution in [0.25, 0.3) is 10.9 Å². The van der Waals surface area contributed by atoms with Gasteiger partial charge in [0.2, 0.25) is 11.8 Å². The van der Waals surface area contributed by atoms with Crippen LogP contribution in [0.5, 0.6) is 0 Å². The number of piperidine rings is 1. The fourth-order valence-corrected chi connectivity index (χ4v) is 9.79. The molecule has 206 valence electrons. The van der Waals surface area contributed by atoms with Crippen molar-refractivity contribution in [1.82, 2.24) is 20.2 Å². The van der Waals surface area contributed by atoms with E-state index in [1.807, 2.05) is 18.2 Å². The standard InChI is InChI=1S/C33H36N4O3/c1-19-35-26-4-2-3-23(29(26)31(40)37(19)27-11-12-28(38)36-30(27)39)10-9-20-5-7-21(8-6-20)18-34-32-15-22-13-24-14-25(17-32)33(24,32)16-22/h2-8,22,24-25,27,34H,9-18H2,1H3,(H,36,38,39). The third kappa shape index (κ3) is 3.33. The second-order valence-electron chi connectivity index (χ2n) is 13.2. The highest BCUT2D eigenvalue weighted by Gasteiger charge is 2.80. The largest absolute Gasteiger partial charge is 0.307 e. The number of fused-ring (bicyclic) bond motifs is 2. The average Bonchev–Trinajstić information content (AvgIpc) is 3.42. The molecule has 4 aliphatic carbocycles. The molecule has 40 heavy (non-hydrogen) atoms. The van der Waals surface area contributed by atoms with Crippen LogP contribution in [0.4, 0.5) is 0 Å². The molecule has 3 aromatic rings. The van der Waals surface area contributed by atoms with Crippen molar-refractivity contribution in [3.63, 3.8) is 0 Å². The van der Waals surface area contributed by atoms with Crippen LogP contribution < -0.4 is 16.2 Å². The third-order valence-electron chi connectivity index (χ3n) is 11.4. The van der Waals surface area contributed by atoms with Crippen LogP contribution in [0.1, 0.15) is 73.5 Å². The van der Waals surface area contributed by atoms with E-state index in [1.165, 1.54) is 47.8 Å². The Balaban J connectivity index is 0.978. The molecule has 5 fully saturated rings. The highest BCUT2D eigenvalue weighted by molar-refractivity contribution is 5.99. The predicted octanol–water partition coefficient (Wildman–Crippen LogP) is 4.14. The minimum absolute atomic E-state index is 0.208. The molecule has 6 unspecified atom stereocenters. The maximum absolute atomic E-state index is 13.7. The van der Waals surface area contributed by atoms with Gasteiger partial charge in [0.1, 0.15) is 11.9 Å². The molecule has 2 heterocycles. The smallest absolute Gasteiger partial charge is 0.262 e. The summed E-state index contributed by atoms with van der Waals surface area (Å²) in [7, 11) is 0. The fraction of sp³-hybridized carbons (Fsp3) is 0.515. The lowest BCUT2D eigenvalue weighted by atomic mass is 9.35. The Labute approximate surface area is 233 Å². The van der Waals surface area contributed by atoms with Crippen LogP contribution in [0.2, 0.25) is 0 Å². The SMILES string of the molecule is Cc1nc2cccc(CCc3ccc(CNC45CC6CC7CC(C4)C75C6)cc3)c2c(=O)n1C1CCC(=O)NC1=O. The van der Waals surface area contributed by atoms with Crippen LogP contribution >= 0.6 is 0 Å². The zero-order valence-corrected chi connectivity index (χ0v) is 23.0. The molecule has 1 aromatic heterocycles. The highest BCUT2D eigenvalue weighted by atomic mass is 16.2. The van der Waals surface area contributed by atoms with Gasteiger partial charge in [-0.05, 0) is 104 Å². The van der Waals surface area contributed by atoms with Gasteiger partial charge < -0.3 is 5.32 Å². The zero-order chi connectivity index (χ0) is 27.2. The number of aryl methyl sites for hydroxylation is 3. The van der Waals surface area contributed by atoms with Crippen molar-refractivity contribution in [3.8, 4) is 0 Å². The number of amides is 2. The molecule has 2 N–H and O–H groups in total. The number of carbonyl (C=O) groups is 2. The summed E-state index contributed by atoms with van der Waals surface area (Å²) in [5.74, 6) is 2.73. The lowest BCUT2D eigenvalue weighted by Crippen LogP contribution is -2.75. The quantitative estimate of drug-likeness (QED) is 0.443. The van der Waals surface area contributed by atoms with Gasteiger partial charge in [-0.2, -0.15) is 0 Å². The van der Waals surface area contributed by atoms with Gasteiger partial charge in [-0.3, -0.25) is 24.3 Å². The Kier molecular flexibility index (Phi) is 5.26. The van der Waals surface area contributed by atoms with E-state index in [0.29, 0.717) is 40.5 Å². The van der Waals surface area contributed by atoms with Gasteiger partial charge in [0.05, 0.1) is 10.9 Å². The van der Waals surface area contributed by atoms with E-state index in [9.17, 15) is 14.4 Å². The first-order chi connectivity index (χ1) is 19.4. The van der Waals surface area contributed by atoms with E-state index in [1.54, 1.807) is 6.92 Å². The van der Waals surface area contributed by atoms with Crippen molar-refractivity contribution >= 4 is 22.7 Å². The van der Waals surface area contributed by atoms with Crippen LogP contribution in [0, 0.1) is 30.1 Å². The molecular formula is C33H36N4O3. The topological polar surface area (TPSA) is 93.1 Å². The first-order valence-electron chi connectivity index (χ1n) is 15.0. The van der Waals surface area contributed by atoms with Gasteiger partial charge in [-0.25, -0.2) is 4.98 Å². The van der Waals surface area contributed by atoms with Crippen molar-refractivity contribution in [2.24, 2.45) is 23.2 Å². The number of hydrogen-bond acceptors (Lipinski definition) is 5. The van der Waals surface area contributed by atoms with E-state index >= 15 is 0 Å². The number of hydrogen-bond donors (Lipinski definition) is 2. The lowest BCUT2D eigenvalue weighted by Gasteiger charge is -2.73. The normalized spacial score (nSPS) is 33.4. The lowest BCUT2D eigenvalue weighted by molar-refractivity contribution is -0.207. The second-order valence-corrected chi connectivity index (χ2v) is 13.2. The van der Waals surface area contributed by atoms with Gasteiger partial charge >= 0.3 is 0 Å². The van der Waals surface area contributed by atoms with E-state index in [-0.39, 0.29) is 17.9 Å². The molecule has 7 nitrogen and oxygen atoms in total. The fourth-order valence-electron chi connectivity index (χ4n) is 9.79. The number of rotatable bonds is 7. The van der Waals surface area contributed by atoms with Gasteiger partial charge in [0.15, 0.2) is 0 Å². The zero-order valence-electron chi connectivity index (χ0n) is 23.0. The van der Waals surface area contributed by atoms with E-state index in [0.717, 1.165) is 36.3 Å². The number of aromatic nitrogens is 2. The van der Waals surface area contributed by atoms with Crippen LogP contribution in [-0.4, -0.2) is 26.9 Å². The number of benzene rings is 2. The average molecular weight is 537 g/mol. The maximum atomic E-state index is 13.7. The molecule has 2 amide bonds. The molecule has 2 bridgehead atoms. The summed E-state index contributed by atoms with van der Waals surface area (Å²) in [5, 5.41) is 6.98.